The van der Waals surface area contributed by atoms with Gasteiger partial charge in [-0.2, -0.15) is 5.10 Å². The molecule has 2 aromatic heterocycles. The number of rotatable bonds is 6. The number of nitrogens with zero attached hydrogens (tertiary/aromatic N) is 2. The fourth-order valence-corrected chi connectivity index (χ4v) is 3.11. The molecule has 0 saturated heterocycles. The molecule has 0 fully saturated rings. The summed E-state index contributed by atoms with van der Waals surface area (Å²) in [4.78, 5) is 13.5. The number of fused-ring (bicyclic) bond motifs is 1. The molecule has 0 aliphatic heterocycles. The molecule has 0 radical (unpaired) electrons. The predicted octanol–water partition coefficient (Wildman–Crippen LogP) is 2.34. The number of aliphatic hydroxyl groups excluding tert-OH is 1. The van der Waals surface area contributed by atoms with Gasteiger partial charge in [0.1, 0.15) is 0 Å². The van der Waals surface area contributed by atoms with E-state index in [0.29, 0.717) is 12.0 Å². The summed E-state index contributed by atoms with van der Waals surface area (Å²) >= 11 is 1.61. The van der Waals surface area contributed by atoms with Crippen molar-refractivity contribution < 1.29 is 9.84 Å². The van der Waals surface area contributed by atoms with Crippen LogP contribution in [0.4, 0.5) is 0 Å². The Morgan fingerprint density at radius 3 is 2.78 bits per heavy atom. The van der Waals surface area contributed by atoms with Crippen molar-refractivity contribution in [3.63, 3.8) is 0 Å². The van der Waals surface area contributed by atoms with Gasteiger partial charge in [0.15, 0.2) is 0 Å². The van der Waals surface area contributed by atoms with E-state index in [9.17, 15) is 9.90 Å². The average molecular weight is 330 g/mol. The average Bonchev–Trinajstić information content (AvgIpc) is 3.06. The van der Waals surface area contributed by atoms with Crippen LogP contribution < -0.4 is 5.56 Å². The summed E-state index contributed by atoms with van der Waals surface area (Å²) in [6, 6.07) is 11.3. The van der Waals surface area contributed by atoms with Crippen LogP contribution in [0.5, 0.6) is 0 Å². The smallest absolute Gasteiger partial charge is 0.274 e. The van der Waals surface area contributed by atoms with Crippen molar-refractivity contribution in [1.82, 2.24) is 9.78 Å². The molecular weight excluding hydrogens is 312 g/mol. The van der Waals surface area contributed by atoms with Gasteiger partial charge in [-0.3, -0.25) is 4.79 Å². The second kappa shape index (κ2) is 7.04. The van der Waals surface area contributed by atoms with Crippen molar-refractivity contribution in [1.29, 1.82) is 0 Å². The van der Waals surface area contributed by atoms with E-state index in [1.165, 1.54) is 4.68 Å². The lowest BCUT2D eigenvalue weighted by atomic mass is 10.1. The summed E-state index contributed by atoms with van der Waals surface area (Å²) < 4.78 is 6.80. The molecule has 1 aromatic carbocycles. The lowest BCUT2D eigenvalue weighted by molar-refractivity contribution is 0.0189. The minimum absolute atomic E-state index is 0.120. The zero-order valence-electron chi connectivity index (χ0n) is 12.8. The van der Waals surface area contributed by atoms with E-state index >= 15 is 0 Å². The number of ether oxygens (including phenoxy) is 1. The number of aromatic nitrogens is 2. The zero-order chi connectivity index (χ0) is 16.2. The Balaban J connectivity index is 1.68. The molecule has 5 nitrogen and oxygen atoms in total. The highest BCUT2D eigenvalue weighted by Crippen LogP contribution is 2.12. The molecule has 0 bridgehead atoms. The van der Waals surface area contributed by atoms with Crippen LogP contribution in [0.25, 0.3) is 10.8 Å². The number of benzene rings is 1. The van der Waals surface area contributed by atoms with Crippen LogP contribution >= 0.6 is 11.3 Å². The number of thiophene rings is 1. The highest BCUT2D eigenvalue weighted by molar-refractivity contribution is 7.09. The first-order valence-electron chi connectivity index (χ1n) is 7.40. The molecule has 23 heavy (non-hydrogen) atoms. The summed E-state index contributed by atoms with van der Waals surface area (Å²) in [5.74, 6) is 0. The fraction of sp³-hybridized carbons (Fsp3) is 0.294. The van der Waals surface area contributed by atoms with E-state index in [-0.39, 0.29) is 18.7 Å². The van der Waals surface area contributed by atoms with Crippen molar-refractivity contribution in [3.8, 4) is 0 Å². The predicted molar refractivity (Wildman–Crippen MR) is 90.7 cm³/mol. The molecule has 0 unspecified atom stereocenters. The molecule has 3 rings (SSSR count). The molecule has 2 heterocycles. The third-order valence-electron chi connectivity index (χ3n) is 3.57. The molecule has 3 aromatic rings. The van der Waals surface area contributed by atoms with Gasteiger partial charge in [0, 0.05) is 10.3 Å². The molecule has 0 aliphatic rings. The zero-order valence-corrected chi connectivity index (χ0v) is 13.6. The standard InChI is InChI=1S/C17H18N2O3S/c1-12-15-6-2-3-7-16(15)17(21)19(18-12)9-13(20)10-22-11-14-5-4-8-23-14/h2-8,13,20H,9-11H2,1H3/t13-/m1/s1. The van der Waals surface area contributed by atoms with Gasteiger partial charge < -0.3 is 9.84 Å². The molecule has 0 amide bonds. The maximum absolute atomic E-state index is 12.4. The SMILES string of the molecule is Cc1nn(C[C@@H](O)COCc2cccs2)c(=O)c2ccccc12. The van der Waals surface area contributed by atoms with Crippen LogP contribution in [-0.2, 0) is 17.9 Å². The minimum Gasteiger partial charge on any atom is -0.389 e. The Labute approximate surface area is 137 Å². The number of aliphatic hydroxyl groups is 1. The molecule has 0 spiro atoms. The largest absolute Gasteiger partial charge is 0.389 e. The van der Waals surface area contributed by atoms with Gasteiger partial charge in [-0.25, -0.2) is 4.68 Å². The molecular formula is C17H18N2O3S. The summed E-state index contributed by atoms with van der Waals surface area (Å²) in [6.07, 6.45) is -0.777. The molecule has 1 N–H and O–H groups in total. The Kier molecular flexibility index (Phi) is 4.85. The molecule has 6 heteroatoms. The molecule has 0 saturated carbocycles. The van der Waals surface area contributed by atoms with Crippen molar-refractivity contribution in [2.45, 2.75) is 26.2 Å². The second-order valence-electron chi connectivity index (χ2n) is 5.37. The van der Waals surface area contributed by atoms with Gasteiger partial charge in [-0.1, -0.05) is 24.3 Å². The van der Waals surface area contributed by atoms with Gasteiger partial charge >= 0.3 is 0 Å². The summed E-state index contributed by atoms with van der Waals surface area (Å²) in [5.41, 5.74) is 0.579. The van der Waals surface area contributed by atoms with Crippen molar-refractivity contribution in [3.05, 3.63) is 62.7 Å². The van der Waals surface area contributed by atoms with Crippen molar-refractivity contribution in [2.75, 3.05) is 6.61 Å². The molecule has 0 aliphatic carbocycles. The molecule has 120 valence electrons. The summed E-state index contributed by atoms with van der Waals surface area (Å²) in [6.45, 7) is 2.61. The van der Waals surface area contributed by atoms with E-state index in [1.807, 2.05) is 42.6 Å². The van der Waals surface area contributed by atoms with Crippen LogP contribution in [0.3, 0.4) is 0 Å². The van der Waals surface area contributed by atoms with Crippen LogP contribution in [-0.4, -0.2) is 27.6 Å². The van der Waals surface area contributed by atoms with E-state index in [1.54, 1.807) is 17.4 Å². The first-order chi connectivity index (χ1) is 11.1. The van der Waals surface area contributed by atoms with Gasteiger partial charge in [0.2, 0.25) is 0 Å². The quantitative estimate of drug-likeness (QED) is 0.753. The Bertz CT molecular complexity index is 843. The van der Waals surface area contributed by atoms with E-state index in [0.717, 1.165) is 16.0 Å². The number of hydrogen-bond donors (Lipinski definition) is 1. The molecule has 1 atom stereocenters. The minimum atomic E-state index is -0.777. The van der Waals surface area contributed by atoms with Crippen LogP contribution in [0.1, 0.15) is 10.6 Å². The van der Waals surface area contributed by atoms with Crippen LogP contribution in [0.2, 0.25) is 0 Å². The Morgan fingerprint density at radius 1 is 1.26 bits per heavy atom. The maximum atomic E-state index is 12.4. The van der Waals surface area contributed by atoms with Crippen molar-refractivity contribution in [2.24, 2.45) is 0 Å². The highest BCUT2D eigenvalue weighted by atomic mass is 32.1. The van der Waals surface area contributed by atoms with Gasteiger partial charge in [-0.05, 0) is 24.4 Å². The van der Waals surface area contributed by atoms with Gasteiger partial charge in [0.25, 0.3) is 5.56 Å². The number of hydrogen-bond acceptors (Lipinski definition) is 5. The fourth-order valence-electron chi connectivity index (χ4n) is 2.47. The Morgan fingerprint density at radius 2 is 2.04 bits per heavy atom. The van der Waals surface area contributed by atoms with Crippen LogP contribution in [0.15, 0.2) is 46.6 Å². The number of aryl methyl sites for hydroxylation is 1. The van der Waals surface area contributed by atoms with Gasteiger partial charge in [0.05, 0.1) is 36.9 Å². The van der Waals surface area contributed by atoms with E-state index in [2.05, 4.69) is 5.10 Å². The first kappa shape index (κ1) is 15.9. The lowest BCUT2D eigenvalue weighted by Gasteiger charge is -2.13. The van der Waals surface area contributed by atoms with E-state index in [4.69, 9.17) is 4.74 Å². The van der Waals surface area contributed by atoms with E-state index < -0.39 is 6.10 Å². The highest BCUT2D eigenvalue weighted by Gasteiger charge is 2.12. The second-order valence-corrected chi connectivity index (χ2v) is 6.40. The monoisotopic (exact) mass is 330 g/mol. The summed E-state index contributed by atoms with van der Waals surface area (Å²) in [7, 11) is 0. The lowest BCUT2D eigenvalue weighted by Crippen LogP contribution is -2.31. The topological polar surface area (TPSA) is 64.3 Å². The van der Waals surface area contributed by atoms with Crippen molar-refractivity contribution >= 4 is 22.1 Å². The third-order valence-corrected chi connectivity index (χ3v) is 4.42. The summed E-state index contributed by atoms with van der Waals surface area (Å²) in [5, 5.41) is 17.8. The normalized spacial score (nSPS) is 12.6. The maximum Gasteiger partial charge on any atom is 0.274 e. The Hall–Kier alpha value is -2.02. The van der Waals surface area contributed by atoms with Crippen LogP contribution in [0, 0.1) is 6.92 Å². The first-order valence-corrected chi connectivity index (χ1v) is 8.28. The van der Waals surface area contributed by atoms with Gasteiger partial charge in [-0.15, -0.1) is 11.3 Å². The third kappa shape index (κ3) is 3.67.